The Labute approximate surface area is 133 Å². The Kier molecular flexibility index (Phi) is 5.13. The van der Waals surface area contributed by atoms with E-state index in [1.165, 1.54) is 0 Å². The number of hydrogen-bond acceptors (Lipinski definition) is 4. The molecule has 0 aromatic carbocycles. The number of H-pyrrole nitrogens is 1. The summed E-state index contributed by atoms with van der Waals surface area (Å²) in [6, 6.07) is 3.95. The maximum atomic E-state index is 12.3. The molecule has 0 aliphatic carbocycles. The lowest BCUT2D eigenvalue weighted by Gasteiger charge is -2.21. The van der Waals surface area contributed by atoms with Gasteiger partial charge < -0.3 is 10.3 Å². The van der Waals surface area contributed by atoms with Crippen molar-refractivity contribution in [2.75, 3.05) is 0 Å². The first-order chi connectivity index (χ1) is 10.4. The largest absolute Gasteiger partial charge is 0.348 e. The molecule has 118 valence electrons. The maximum absolute atomic E-state index is 12.3. The van der Waals surface area contributed by atoms with Gasteiger partial charge in [0.05, 0.1) is 12.5 Å². The number of nitrogens with zero attached hydrogens (tertiary/aromatic N) is 1. The van der Waals surface area contributed by atoms with E-state index in [0.29, 0.717) is 17.1 Å². The van der Waals surface area contributed by atoms with Crippen molar-refractivity contribution in [3.8, 4) is 0 Å². The molecule has 0 radical (unpaired) electrons. The fraction of sp³-hybridized carbons (Fsp3) is 0.438. The van der Waals surface area contributed by atoms with Crippen LogP contribution in [0.2, 0.25) is 0 Å². The molecule has 0 saturated carbocycles. The Morgan fingerprint density at radius 2 is 2.14 bits per heavy atom. The first kappa shape index (κ1) is 16.4. The summed E-state index contributed by atoms with van der Waals surface area (Å²) in [5, 5.41) is 5.02. The van der Waals surface area contributed by atoms with Crippen LogP contribution in [0.15, 0.2) is 22.3 Å². The second kappa shape index (κ2) is 6.87. The summed E-state index contributed by atoms with van der Waals surface area (Å²) in [4.78, 5) is 32.3. The third-order valence-corrected chi connectivity index (χ3v) is 4.47. The third kappa shape index (κ3) is 3.82. The molecule has 2 aromatic rings. The number of rotatable bonds is 5. The van der Waals surface area contributed by atoms with Crippen molar-refractivity contribution in [3.05, 3.63) is 49.8 Å². The van der Waals surface area contributed by atoms with E-state index >= 15 is 0 Å². The molecule has 1 amide bonds. The highest BCUT2D eigenvalue weighted by atomic mass is 32.1. The van der Waals surface area contributed by atoms with Crippen LogP contribution in [0.25, 0.3) is 0 Å². The van der Waals surface area contributed by atoms with Gasteiger partial charge >= 0.3 is 0 Å². The number of carbonyl (C=O) groups excluding carboxylic acids is 1. The van der Waals surface area contributed by atoms with Crippen LogP contribution in [-0.2, 0) is 11.2 Å². The first-order valence-corrected chi connectivity index (χ1v) is 8.15. The number of aromatic amines is 1. The molecule has 0 aliphatic rings. The topological polar surface area (TPSA) is 74.8 Å². The van der Waals surface area contributed by atoms with Gasteiger partial charge in [-0.25, -0.2) is 4.98 Å². The van der Waals surface area contributed by atoms with Crippen LogP contribution in [-0.4, -0.2) is 15.9 Å². The maximum Gasteiger partial charge on any atom is 0.254 e. The van der Waals surface area contributed by atoms with Gasteiger partial charge in [0.1, 0.15) is 5.82 Å². The van der Waals surface area contributed by atoms with Crippen molar-refractivity contribution >= 4 is 17.2 Å². The van der Waals surface area contributed by atoms with Crippen molar-refractivity contribution in [2.45, 2.75) is 40.2 Å². The van der Waals surface area contributed by atoms with E-state index < -0.39 is 0 Å². The molecule has 6 heteroatoms. The monoisotopic (exact) mass is 319 g/mol. The van der Waals surface area contributed by atoms with E-state index in [2.05, 4.69) is 29.1 Å². The second-order valence-corrected chi connectivity index (χ2v) is 6.68. The first-order valence-electron chi connectivity index (χ1n) is 7.27. The van der Waals surface area contributed by atoms with Crippen LogP contribution in [0, 0.1) is 19.8 Å². The number of thiophene rings is 1. The highest BCUT2D eigenvalue weighted by Crippen LogP contribution is 2.25. The van der Waals surface area contributed by atoms with Gasteiger partial charge in [-0.05, 0) is 31.2 Å². The molecule has 0 saturated heterocycles. The molecule has 0 spiro atoms. The van der Waals surface area contributed by atoms with E-state index in [9.17, 15) is 9.59 Å². The molecule has 1 unspecified atom stereocenters. The van der Waals surface area contributed by atoms with E-state index in [1.54, 1.807) is 25.2 Å². The number of amides is 1. The highest BCUT2D eigenvalue weighted by Gasteiger charge is 2.20. The van der Waals surface area contributed by atoms with Gasteiger partial charge in [-0.3, -0.25) is 9.59 Å². The summed E-state index contributed by atoms with van der Waals surface area (Å²) < 4.78 is 0. The molecule has 2 N–H and O–H groups in total. The fourth-order valence-corrected chi connectivity index (χ4v) is 3.33. The number of nitrogens with one attached hydrogen (secondary N) is 2. The molecule has 0 fully saturated rings. The summed E-state index contributed by atoms with van der Waals surface area (Å²) >= 11 is 1.62. The van der Waals surface area contributed by atoms with Crippen molar-refractivity contribution in [3.63, 3.8) is 0 Å². The number of carbonyl (C=O) groups is 1. The lowest BCUT2D eigenvalue weighted by Crippen LogP contribution is -2.34. The Morgan fingerprint density at radius 3 is 2.68 bits per heavy atom. The van der Waals surface area contributed by atoms with Crippen LogP contribution in [0.3, 0.4) is 0 Å². The minimum Gasteiger partial charge on any atom is -0.348 e. The van der Waals surface area contributed by atoms with Crippen molar-refractivity contribution in [1.82, 2.24) is 15.3 Å². The number of aromatic nitrogens is 2. The van der Waals surface area contributed by atoms with Crippen LogP contribution < -0.4 is 10.9 Å². The normalized spacial score (nSPS) is 12.4. The van der Waals surface area contributed by atoms with Gasteiger partial charge in [-0.1, -0.05) is 19.9 Å². The van der Waals surface area contributed by atoms with Gasteiger partial charge in [0.2, 0.25) is 5.91 Å². The van der Waals surface area contributed by atoms with E-state index in [1.807, 2.05) is 17.5 Å². The van der Waals surface area contributed by atoms with E-state index in [4.69, 9.17) is 0 Å². The van der Waals surface area contributed by atoms with Crippen LogP contribution in [0.5, 0.6) is 0 Å². The van der Waals surface area contributed by atoms with Crippen LogP contribution >= 0.6 is 11.3 Å². The summed E-state index contributed by atoms with van der Waals surface area (Å²) in [5.74, 6) is 0.676. The van der Waals surface area contributed by atoms with Crippen LogP contribution in [0.4, 0.5) is 0 Å². The minimum absolute atomic E-state index is 0.0368. The van der Waals surface area contributed by atoms with Crippen molar-refractivity contribution < 1.29 is 4.79 Å². The average molecular weight is 319 g/mol. The Morgan fingerprint density at radius 1 is 1.41 bits per heavy atom. The highest BCUT2D eigenvalue weighted by molar-refractivity contribution is 7.10. The molecule has 2 heterocycles. The van der Waals surface area contributed by atoms with Crippen LogP contribution in [0.1, 0.15) is 41.8 Å². The Hall–Kier alpha value is -1.95. The smallest absolute Gasteiger partial charge is 0.254 e. The summed E-state index contributed by atoms with van der Waals surface area (Å²) in [6.45, 7) is 7.61. The lowest BCUT2D eigenvalue weighted by atomic mass is 10.0. The molecular formula is C16H21N3O2S. The Balaban J connectivity index is 2.14. The predicted molar refractivity (Wildman–Crippen MR) is 88.1 cm³/mol. The molecule has 0 bridgehead atoms. The number of aryl methyl sites for hydroxylation is 2. The molecular weight excluding hydrogens is 298 g/mol. The molecule has 1 atom stereocenters. The van der Waals surface area contributed by atoms with Gasteiger partial charge in [-0.2, -0.15) is 0 Å². The lowest BCUT2D eigenvalue weighted by molar-refractivity contribution is -0.121. The summed E-state index contributed by atoms with van der Waals surface area (Å²) in [6.07, 6.45) is 0.0447. The van der Waals surface area contributed by atoms with E-state index in [0.717, 1.165) is 4.88 Å². The van der Waals surface area contributed by atoms with Crippen molar-refractivity contribution in [1.29, 1.82) is 0 Å². The standard InChI is InChI=1S/C16H21N3O2S/c1-9(2)15(13-6-5-7-22-13)19-14(20)8-12-10(3)17-11(4)18-16(12)21/h5-7,9,15H,8H2,1-4H3,(H,19,20)(H,17,18,21). The van der Waals surface area contributed by atoms with Gasteiger partial charge in [0, 0.05) is 16.1 Å². The molecule has 2 aromatic heterocycles. The average Bonchev–Trinajstić information content (AvgIpc) is 2.93. The van der Waals surface area contributed by atoms with Gasteiger partial charge in [0.25, 0.3) is 5.56 Å². The molecule has 2 rings (SSSR count). The quantitative estimate of drug-likeness (QED) is 0.889. The molecule has 22 heavy (non-hydrogen) atoms. The zero-order chi connectivity index (χ0) is 16.3. The fourth-order valence-electron chi connectivity index (χ4n) is 2.38. The summed E-state index contributed by atoms with van der Waals surface area (Å²) in [5.41, 5.74) is 0.794. The molecule has 0 aliphatic heterocycles. The zero-order valence-corrected chi connectivity index (χ0v) is 14.1. The minimum atomic E-state index is -0.239. The van der Waals surface area contributed by atoms with Gasteiger partial charge in [-0.15, -0.1) is 11.3 Å². The van der Waals surface area contributed by atoms with E-state index in [-0.39, 0.29) is 29.8 Å². The zero-order valence-electron chi connectivity index (χ0n) is 13.3. The predicted octanol–water partition coefficient (Wildman–Crippen LogP) is 2.50. The van der Waals surface area contributed by atoms with Gasteiger partial charge in [0.15, 0.2) is 0 Å². The summed E-state index contributed by atoms with van der Waals surface area (Å²) in [7, 11) is 0. The number of hydrogen-bond donors (Lipinski definition) is 2. The van der Waals surface area contributed by atoms with Crippen molar-refractivity contribution in [2.24, 2.45) is 5.92 Å². The Bertz CT molecular complexity index is 705. The molecule has 5 nitrogen and oxygen atoms in total. The SMILES string of the molecule is Cc1nc(C)c(CC(=O)NC(c2cccs2)C(C)C)c(=O)[nH]1. The third-order valence-electron chi connectivity index (χ3n) is 3.51. The second-order valence-electron chi connectivity index (χ2n) is 5.70.